The Hall–Kier alpha value is -10.4. The number of azo groups is 2. The first-order valence-electron chi connectivity index (χ1n) is 26.9. The third-order valence-corrected chi connectivity index (χ3v) is 15.1. The molecule has 2 aromatic heterocycles. The van der Waals surface area contributed by atoms with Gasteiger partial charge in [-0.3, -0.25) is 30.1 Å². The largest absolute Gasteiger partial charge is 0.505 e. The number of aromatic hydroxyl groups is 2. The minimum Gasteiger partial charge on any atom is -0.505 e. The Morgan fingerprint density at radius 2 is 0.860 bits per heavy atom. The number of carbonyl (C=O) groups is 1. The monoisotopic (exact) mass is 1320 g/mol. The van der Waals surface area contributed by atoms with E-state index in [4.69, 9.17) is 21.0 Å². The lowest BCUT2D eigenvalue weighted by Crippen LogP contribution is -2.13. The molecule has 0 bridgehead atoms. The topological polar surface area (TPSA) is 544 Å². The number of hydrogen-bond donors (Lipinski definition) is 17. The lowest BCUT2D eigenvalue weighted by molar-refractivity contribution is -0.258. The van der Waals surface area contributed by atoms with Crippen LogP contribution in [-0.4, -0.2) is 135 Å². The second-order valence-corrected chi connectivity index (χ2v) is 22.6. The number of nitrogens with zero attached hydrogens (tertiary/aromatic N) is 10. The highest BCUT2D eigenvalue weighted by molar-refractivity contribution is 7.86. The van der Waals surface area contributed by atoms with Crippen molar-refractivity contribution in [1.82, 2.24) is 29.9 Å². The summed E-state index contributed by atoms with van der Waals surface area (Å²) in [6.07, 6.45) is 0. The van der Waals surface area contributed by atoms with Gasteiger partial charge in [0.2, 0.25) is 35.7 Å². The first-order chi connectivity index (χ1) is 44.5. The summed E-state index contributed by atoms with van der Waals surface area (Å²) >= 11 is 0. The lowest BCUT2D eigenvalue weighted by atomic mass is 10.0. The zero-order chi connectivity index (χ0) is 66.7. The molecule has 9 rings (SSSR count). The predicted molar refractivity (Wildman–Crippen MR) is 329 cm³/mol. The van der Waals surface area contributed by atoms with Gasteiger partial charge in [0.25, 0.3) is 20.2 Å². The Kier molecular flexibility index (Phi) is 21.1. The SMILES string of the molecule is Cc1cc2cc(S(=O)(=O)O)cc(Nc3nc(NCCO)nc(Nc4ccc(Nc5nc(NCCO)nc(Nc6cc(S(=O)(=O)O)cc7cc(C)c(N=Nc8ccc(COO)c(COO)c8)c(O)c67)n5)c(C(=O)O)c4)n3)c2c(O)c1N=Nc1ccc(COO)c(COO)c1. The molecule has 9 aromatic rings. The number of carboxylic acids is 1. The van der Waals surface area contributed by atoms with Gasteiger partial charge in [0.15, 0.2) is 11.5 Å². The van der Waals surface area contributed by atoms with Crippen molar-refractivity contribution >= 4 is 129 Å². The molecular formula is C55H54N16O20S2. The van der Waals surface area contributed by atoms with E-state index in [1.807, 2.05) is 0 Å². The van der Waals surface area contributed by atoms with Crippen LogP contribution in [0.2, 0.25) is 0 Å². The molecule has 486 valence electrons. The number of carboxylic acid groups (broad SMARTS) is 1. The highest BCUT2D eigenvalue weighted by Crippen LogP contribution is 2.46. The van der Waals surface area contributed by atoms with E-state index in [1.165, 1.54) is 60.7 Å². The van der Waals surface area contributed by atoms with E-state index in [0.29, 0.717) is 27.8 Å². The second-order valence-electron chi connectivity index (χ2n) is 19.7. The molecule has 0 atom stereocenters. The average molecular weight is 1320 g/mol. The first-order valence-corrected chi connectivity index (χ1v) is 29.7. The van der Waals surface area contributed by atoms with Crippen LogP contribution in [0.1, 0.15) is 43.7 Å². The highest BCUT2D eigenvalue weighted by atomic mass is 32.2. The summed E-state index contributed by atoms with van der Waals surface area (Å²) in [7, 11) is -9.84. The molecule has 36 nitrogen and oxygen atoms in total. The molecule has 0 aliphatic carbocycles. The third kappa shape index (κ3) is 16.2. The van der Waals surface area contributed by atoms with Gasteiger partial charge in [0.05, 0.1) is 57.0 Å². The number of anilines is 10. The van der Waals surface area contributed by atoms with E-state index in [0.717, 1.165) is 30.3 Å². The fourth-order valence-electron chi connectivity index (χ4n) is 9.25. The Morgan fingerprint density at radius 3 is 1.25 bits per heavy atom. The Bertz CT molecular complexity index is 4630. The maximum atomic E-state index is 13.0. The number of nitrogens with one attached hydrogen (secondary N) is 6. The van der Waals surface area contributed by atoms with Crippen molar-refractivity contribution in [2.24, 2.45) is 20.5 Å². The van der Waals surface area contributed by atoms with E-state index in [9.17, 15) is 56.3 Å². The molecule has 0 aliphatic heterocycles. The molecule has 17 N–H and O–H groups in total. The van der Waals surface area contributed by atoms with Crippen LogP contribution in [0.5, 0.6) is 11.5 Å². The van der Waals surface area contributed by atoms with Gasteiger partial charge in [-0.1, -0.05) is 12.1 Å². The maximum absolute atomic E-state index is 13.0. The number of phenols is 2. The van der Waals surface area contributed by atoms with E-state index >= 15 is 0 Å². The quantitative estimate of drug-likeness (QED) is 0.00898. The molecule has 7 aromatic carbocycles. The van der Waals surface area contributed by atoms with Crippen LogP contribution < -0.4 is 31.9 Å². The van der Waals surface area contributed by atoms with Crippen molar-refractivity contribution in [2.75, 3.05) is 58.2 Å². The van der Waals surface area contributed by atoms with Gasteiger partial charge in [-0.2, -0.15) is 57.0 Å². The van der Waals surface area contributed by atoms with Gasteiger partial charge in [0.1, 0.15) is 37.8 Å². The maximum Gasteiger partial charge on any atom is 0.337 e. The molecular weight excluding hydrogens is 1270 g/mol. The first kappa shape index (κ1) is 67.0. The third-order valence-electron chi connectivity index (χ3n) is 13.4. The van der Waals surface area contributed by atoms with Gasteiger partial charge in [-0.05, 0) is 137 Å². The minimum absolute atomic E-state index is 0.0347. The number of aliphatic hydroxyl groups excluding tert-OH is 2. The number of hydrogen-bond acceptors (Lipinski definition) is 33. The zero-order valence-electron chi connectivity index (χ0n) is 48.2. The summed E-state index contributed by atoms with van der Waals surface area (Å²) in [4.78, 5) is 54.8. The molecule has 0 unspecified atom stereocenters. The van der Waals surface area contributed by atoms with Crippen molar-refractivity contribution in [3.63, 3.8) is 0 Å². The fourth-order valence-corrected chi connectivity index (χ4v) is 10.3. The molecule has 0 amide bonds. The smallest absolute Gasteiger partial charge is 0.337 e. The summed E-state index contributed by atoms with van der Waals surface area (Å²) in [6, 6.07) is 19.9. The van der Waals surface area contributed by atoms with E-state index in [1.54, 1.807) is 13.8 Å². The molecule has 0 radical (unpaired) electrons. The van der Waals surface area contributed by atoms with Crippen LogP contribution in [-0.2, 0) is 66.2 Å². The number of phenolic OH excluding ortho intramolecular Hbond substituents is 2. The van der Waals surface area contributed by atoms with E-state index in [-0.39, 0.29) is 148 Å². The summed E-state index contributed by atoms with van der Waals surface area (Å²) in [5.74, 6) is -4.31. The Labute approximate surface area is 523 Å². The minimum atomic E-state index is -4.93. The number of aromatic carboxylic acids is 1. The number of benzene rings is 7. The van der Waals surface area contributed by atoms with Crippen molar-refractivity contribution in [1.29, 1.82) is 0 Å². The predicted octanol–water partition coefficient (Wildman–Crippen LogP) is 9.15. The Morgan fingerprint density at radius 1 is 0.473 bits per heavy atom. The van der Waals surface area contributed by atoms with Gasteiger partial charge in [-0.15, -0.1) is 10.2 Å². The van der Waals surface area contributed by atoms with Crippen LogP contribution in [0.25, 0.3) is 21.5 Å². The highest BCUT2D eigenvalue weighted by Gasteiger charge is 2.24. The number of aryl methyl sites for hydroxylation is 2. The summed E-state index contributed by atoms with van der Waals surface area (Å²) in [5.41, 5.74) is 1.49. The molecule has 0 saturated heterocycles. The molecule has 0 saturated carbocycles. The fraction of sp³-hybridized carbons (Fsp3) is 0.182. The average Bonchev–Trinajstić information content (AvgIpc) is 0.796. The van der Waals surface area contributed by atoms with Crippen LogP contribution in [0.4, 0.5) is 81.2 Å². The lowest BCUT2D eigenvalue weighted by Gasteiger charge is -2.16. The Balaban J connectivity index is 1.05. The molecule has 2 heterocycles. The molecule has 93 heavy (non-hydrogen) atoms. The van der Waals surface area contributed by atoms with Gasteiger partial charge >= 0.3 is 5.97 Å². The second kappa shape index (κ2) is 29.2. The summed E-state index contributed by atoms with van der Waals surface area (Å²) < 4.78 is 71.1. The van der Waals surface area contributed by atoms with E-state index in [2.05, 4.69) is 102 Å². The molecule has 0 spiro atoms. The van der Waals surface area contributed by atoms with E-state index < -0.39 is 66.3 Å². The van der Waals surface area contributed by atoms with Crippen LogP contribution >= 0.6 is 0 Å². The zero-order valence-corrected chi connectivity index (χ0v) is 49.8. The number of rotatable bonds is 29. The number of aromatic nitrogens is 6. The summed E-state index contributed by atoms with van der Waals surface area (Å²) in [5, 5.41) is 124. The van der Waals surface area contributed by atoms with Gasteiger partial charge in [0, 0.05) is 29.5 Å². The molecule has 0 aliphatic rings. The van der Waals surface area contributed by atoms with Crippen molar-refractivity contribution in [2.45, 2.75) is 50.1 Å². The molecule has 0 fully saturated rings. The van der Waals surface area contributed by atoms with Gasteiger partial charge < -0.3 is 57.4 Å². The summed E-state index contributed by atoms with van der Waals surface area (Å²) in [6.45, 7) is 0.942. The molecule has 38 heteroatoms. The van der Waals surface area contributed by atoms with Gasteiger partial charge in [-0.25, -0.2) is 24.3 Å². The number of aliphatic hydroxyl groups is 2. The van der Waals surface area contributed by atoms with Crippen molar-refractivity contribution in [3.05, 3.63) is 130 Å². The van der Waals surface area contributed by atoms with Crippen molar-refractivity contribution < 1.29 is 96.8 Å². The van der Waals surface area contributed by atoms with Crippen LogP contribution in [0, 0.1) is 13.8 Å². The standard InChI is InChI=1S/C55H54N16O20S2/c1-26-13-30-17-37(92(82,83)84)20-41(43(30)47(74)45(26)70-68-35-5-3-28(22-88-78)32(15-35)24-90-80)60-54-64-50(56-9-11-72)62-52(66-54)58-34-7-8-40(39(19-34)49(76)77)59-53-63-51(57-10-12-73)65-55(67-53)61-42-21-38(93(85,86)87)18-31-14-27(2)46(48(75)44(31)42)71-69-36-6-4-29(23-89-79)33(16-36)25-91-81/h3-8,13-21,72-75,78-81H,9-12,22-25H2,1-2H3,(H,76,77)(H,82,83,84)(H,85,86,87)(H3,56,58,60,62,64,66)(H3,57,59,61,63,65,67). The number of fused-ring (bicyclic) bond motifs is 2. The van der Waals surface area contributed by atoms with Crippen LogP contribution in [0.3, 0.4) is 0 Å². The van der Waals surface area contributed by atoms with Crippen molar-refractivity contribution in [3.8, 4) is 11.5 Å². The van der Waals surface area contributed by atoms with Crippen LogP contribution in [0.15, 0.2) is 121 Å². The normalized spacial score (nSPS) is 11.9.